The Morgan fingerprint density at radius 3 is 2.69 bits per heavy atom. The van der Waals surface area contributed by atoms with Gasteiger partial charge in [-0.1, -0.05) is 28.1 Å². The Hall–Kier alpha value is -0.910. The molecule has 1 amide bonds. The van der Waals surface area contributed by atoms with E-state index in [0.717, 1.165) is 10.0 Å². The first kappa shape index (κ1) is 13.2. The summed E-state index contributed by atoms with van der Waals surface area (Å²) >= 11 is 3.35. The predicted molar refractivity (Wildman–Crippen MR) is 65.8 cm³/mol. The maximum absolute atomic E-state index is 11.4. The van der Waals surface area contributed by atoms with Crippen molar-refractivity contribution in [1.29, 1.82) is 0 Å². The second kappa shape index (κ2) is 6.62. The number of ether oxygens (including phenoxy) is 1. The lowest BCUT2D eigenvalue weighted by atomic mass is 10.2. The van der Waals surface area contributed by atoms with E-state index in [2.05, 4.69) is 21.2 Å². The van der Waals surface area contributed by atoms with E-state index in [9.17, 15) is 4.79 Å². The van der Waals surface area contributed by atoms with Crippen molar-refractivity contribution >= 4 is 21.8 Å². The summed E-state index contributed by atoms with van der Waals surface area (Å²) in [6.07, 6.45) is 0. The molecule has 0 aromatic heterocycles. The van der Waals surface area contributed by atoms with Crippen LogP contribution in [0.15, 0.2) is 28.7 Å². The Kier molecular flexibility index (Phi) is 5.45. The van der Waals surface area contributed by atoms with E-state index in [1.54, 1.807) is 0 Å². The smallest absolute Gasteiger partial charge is 0.239 e. The van der Waals surface area contributed by atoms with Crippen LogP contribution in [0, 0.1) is 0 Å². The van der Waals surface area contributed by atoms with Crippen molar-refractivity contribution in [3.63, 3.8) is 0 Å². The van der Waals surface area contributed by atoms with Crippen molar-refractivity contribution in [3.05, 3.63) is 34.3 Å². The van der Waals surface area contributed by atoms with E-state index in [-0.39, 0.29) is 12.5 Å². The van der Waals surface area contributed by atoms with Crippen molar-refractivity contribution in [2.24, 2.45) is 5.73 Å². The summed E-state index contributed by atoms with van der Waals surface area (Å²) in [6, 6.07) is 7.12. The lowest BCUT2D eigenvalue weighted by Crippen LogP contribution is -2.43. The van der Waals surface area contributed by atoms with Crippen LogP contribution in [0.1, 0.15) is 5.56 Å². The summed E-state index contributed by atoms with van der Waals surface area (Å²) in [4.78, 5) is 11.4. The standard InChI is InChI=1S/C11H15BrN2O2/c1-16-7-10(13)11(15)14-6-8-2-4-9(12)5-3-8/h2-5,10H,6-7,13H2,1H3,(H,14,15). The van der Waals surface area contributed by atoms with Crippen LogP contribution in [0.25, 0.3) is 0 Å². The first-order valence-corrected chi connectivity index (χ1v) is 5.69. The van der Waals surface area contributed by atoms with Gasteiger partial charge in [-0.25, -0.2) is 0 Å². The number of carbonyl (C=O) groups is 1. The van der Waals surface area contributed by atoms with E-state index in [4.69, 9.17) is 10.5 Å². The molecule has 0 aliphatic heterocycles. The molecule has 1 unspecified atom stereocenters. The highest BCUT2D eigenvalue weighted by Gasteiger charge is 2.11. The lowest BCUT2D eigenvalue weighted by Gasteiger charge is -2.11. The fourth-order valence-corrected chi connectivity index (χ4v) is 1.44. The fraction of sp³-hybridized carbons (Fsp3) is 0.364. The van der Waals surface area contributed by atoms with Gasteiger partial charge in [0, 0.05) is 18.1 Å². The van der Waals surface area contributed by atoms with Gasteiger partial charge < -0.3 is 15.8 Å². The van der Waals surface area contributed by atoms with Gasteiger partial charge in [-0.2, -0.15) is 0 Å². The van der Waals surface area contributed by atoms with E-state index in [0.29, 0.717) is 6.54 Å². The molecular weight excluding hydrogens is 272 g/mol. The van der Waals surface area contributed by atoms with Crippen LogP contribution in [0.5, 0.6) is 0 Å². The van der Waals surface area contributed by atoms with Crippen LogP contribution in [-0.4, -0.2) is 25.7 Å². The summed E-state index contributed by atoms with van der Waals surface area (Å²) in [6.45, 7) is 0.704. The summed E-state index contributed by atoms with van der Waals surface area (Å²) in [5.74, 6) is -0.204. The van der Waals surface area contributed by atoms with Crippen molar-refractivity contribution in [3.8, 4) is 0 Å². The van der Waals surface area contributed by atoms with E-state index < -0.39 is 6.04 Å². The molecule has 0 radical (unpaired) electrons. The molecule has 0 aliphatic carbocycles. The van der Waals surface area contributed by atoms with Gasteiger partial charge >= 0.3 is 0 Å². The average Bonchev–Trinajstić information content (AvgIpc) is 2.28. The molecule has 0 spiro atoms. The molecule has 0 aliphatic rings. The number of methoxy groups -OCH3 is 1. The molecule has 16 heavy (non-hydrogen) atoms. The predicted octanol–water partition coefficient (Wildman–Crippen LogP) is 1.04. The van der Waals surface area contributed by atoms with E-state index in [1.807, 2.05) is 24.3 Å². The number of amides is 1. The monoisotopic (exact) mass is 286 g/mol. The molecule has 0 fully saturated rings. The second-order valence-electron chi connectivity index (χ2n) is 3.41. The largest absolute Gasteiger partial charge is 0.383 e. The lowest BCUT2D eigenvalue weighted by molar-refractivity contribution is -0.123. The molecule has 0 heterocycles. The normalized spacial score (nSPS) is 12.2. The number of hydrogen-bond donors (Lipinski definition) is 2. The maximum atomic E-state index is 11.4. The molecule has 1 aromatic carbocycles. The molecule has 0 saturated heterocycles. The molecule has 3 N–H and O–H groups in total. The quantitative estimate of drug-likeness (QED) is 0.850. The highest BCUT2D eigenvalue weighted by molar-refractivity contribution is 9.10. The molecule has 0 bridgehead atoms. The van der Waals surface area contributed by atoms with Gasteiger partial charge in [-0.3, -0.25) is 4.79 Å². The van der Waals surface area contributed by atoms with Crippen LogP contribution in [0.2, 0.25) is 0 Å². The SMILES string of the molecule is COCC(N)C(=O)NCc1ccc(Br)cc1. The van der Waals surface area contributed by atoms with Crippen LogP contribution < -0.4 is 11.1 Å². The number of rotatable bonds is 5. The Labute approximate surface area is 103 Å². The number of halogens is 1. The van der Waals surface area contributed by atoms with Crippen LogP contribution in [0.4, 0.5) is 0 Å². The number of carbonyl (C=O) groups excluding carboxylic acids is 1. The molecule has 1 rings (SSSR count). The zero-order valence-electron chi connectivity index (χ0n) is 9.07. The Morgan fingerprint density at radius 2 is 2.12 bits per heavy atom. The topological polar surface area (TPSA) is 64.3 Å². The first-order chi connectivity index (χ1) is 7.63. The average molecular weight is 287 g/mol. The molecule has 88 valence electrons. The van der Waals surface area contributed by atoms with Gasteiger partial charge in [0.25, 0.3) is 0 Å². The van der Waals surface area contributed by atoms with Gasteiger partial charge in [-0.15, -0.1) is 0 Å². The first-order valence-electron chi connectivity index (χ1n) is 4.90. The molecular formula is C11H15BrN2O2. The number of nitrogens with two attached hydrogens (primary N) is 1. The van der Waals surface area contributed by atoms with Crippen LogP contribution in [-0.2, 0) is 16.1 Å². The minimum Gasteiger partial charge on any atom is -0.383 e. The Balaban J connectivity index is 2.39. The molecule has 5 heteroatoms. The second-order valence-corrected chi connectivity index (χ2v) is 4.32. The third-order valence-corrected chi connectivity index (χ3v) is 2.59. The molecule has 1 atom stereocenters. The summed E-state index contributed by atoms with van der Waals surface area (Å²) < 4.78 is 5.81. The summed E-state index contributed by atoms with van der Waals surface area (Å²) in [5, 5.41) is 2.74. The summed E-state index contributed by atoms with van der Waals surface area (Å²) in [5.41, 5.74) is 6.60. The van der Waals surface area contributed by atoms with Gasteiger partial charge in [0.2, 0.25) is 5.91 Å². The van der Waals surface area contributed by atoms with Gasteiger partial charge in [0.15, 0.2) is 0 Å². The van der Waals surface area contributed by atoms with Gasteiger partial charge in [0.1, 0.15) is 6.04 Å². The zero-order valence-corrected chi connectivity index (χ0v) is 10.7. The van der Waals surface area contributed by atoms with Crippen molar-refractivity contribution in [2.45, 2.75) is 12.6 Å². The number of nitrogens with one attached hydrogen (secondary N) is 1. The number of hydrogen-bond acceptors (Lipinski definition) is 3. The fourth-order valence-electron chi connectivity index (χ4n) is 1.18. The van der Waals surface area contributed by atoms with Crippen molar-refractivity contribution in [1.82, 2.24) is 5.32 Å². The third kappa shape index (κ3) is 4.30. The number of benzene rings is 1. The van der Waals surface area contributed by atoms with Crippen LogP contribution >= 0.6 is 15.9 Å². The van der Waals surface area contributed by atoms with Crippen molar-refractivity contribution < 1.29 is 9.53 Å². The third-order valence-electron chi connectivity index (χ3n) is 2.06. The minimum absolute atomic E-state index is 0.204. The van der Waals surface area contributed by atoms with E-state index in [1.165, 1.54) is 7.11 Å². The van der Waals surface area contributed by atoms with Crippen LogP contribution in [0.3, 0.4) is 0 Å². The molecule has 4 nitrogen and oxygen atoms in total. The van der Waals surface area contributed by atoms with Crippen molar-refractivity contribution in [2.75, 3.05) is 13.7 Å². The highest BCUT2D eigenvalue weighted by atomic mass is 79.9. The Morgan fingerprint density at radius 1 is 1.50 bits per heavy atom. The van der Waals surface area contributed by atoms with Gasteiger partial charge in [-0.05, 0) is 17.7 Å². The van der Waals surface area contributed by atoms with E-state index >= 15 is 0 Å². The molecule has 1 aromatic rings. The van der Waals surface area contributed by atoms with Gasteiger partial charge in [0.05, 0.1) is 6.61 Å². The zero-order chi connectivity index (χ0) is 12.0. The highest BCUT2D eigenvalue weighted by Crippen LogP contribution is 2.10. The molecule has 0 saturated carbocycles. The minimum atomic E-state index is -0.611. The maximum Gasteiger partial charge on any atom is 0.239 e. The summed E-state index contributed by atoms with van der Waals surface area (Å²) in [7, 11) is 1.52. The Bertz CT molecular complexity index is 340.